The molecular formula is C20H35N3O3. The van der Waals surface area contributed by atoms with Crippen molar-refractivity contribution in [2.75, 3.05) is 40.5 Å². The summed E-state index contributed by atoms with van der Waals surface area (Å²) in [5, 5.41) is 15.8. The van der Waals surface area contributed by atoms with E-state index in [0.717, 1.165) is 62.8 Å². The Balaban J connectivity index is 2.58. The number of guanidine groups is 1. The van der Waals surface area contributed by atoms with Gasteiger partial charge in [-0.3, -0.25) is 4.99 Å². The molecule has 0 aliphatic heterocycles. The summed E-state index contributed by atoms with van der Waals surface area (Å²) < 4.78 is 10.6. The summed E-state index contributed by atoms with van der Waals surface area (Å²) in [5.74, 6) is 2.75. The molecule has 26 heavy (non-hydrogen) atoms. The molecule has 1 atom stereocenters. The van der Waals surface area contributed by atoms with Gasteiger partial charge in [-0.05, 0) is 49.8 Å². The van der Waals surface area contributed by atoms with Crippen LogP contribution in [0.25, 0.3) is 0 Å². The highest BCUT2D eigenvalue weighted by Gasteiger charge is 2.08. The average Bonchev–Trinajstić information content (AvgIpc) is 2.66. The van der Waals surface area contributed by atoms with Gasteiger partial charge in [0.15, 0.2) is 17.5 Å². The Morgan fingerprint density at radius 3 is 2.50 bits per heavy atom. The van der Waals surface area contributed by atoms with Crippen LogP contribution in [0.1, 0.15) is 38.7 Å². The second-order valence-corrected chi connectivity index (χ2v) is 6.25. The second-order valence-electron chi connectivity index (χ2n) is 6.25. The van der Waals surface area contributed by atoms with Crippen LogP contribution in [0, 0.1) is 5.92 Å². The lowest BCUT2D eigenvalue weighted by Gasteiger charge is -2.15. The van der Waals surface area contributed by atoms with E-state index in [-0.39, 0.29) is 6.61 Å². The van der Waals surface area contributed by atoms with Crippen LogP contribution in [-0.4, -0.2) is 51.5 Å². The predicted molar refractivity (Wildman–Crippen MR) is 107 cm³/mol. The summed E-state index contributed by atoms with van der Waals surface area (Å²) in [7, 11) is 3.29. The molecule has 3 N–H and O–H groups in total. The van der Waals surface area contributed by atoms with Crippen LogP contribution < -0.4 is 20.1 Å². The van der Waals surface area contributed by atoms with E-state index < -0.39 is 0 Å². The lowest BCUT2D eigenvalue weighted by Crippen LogP contribution is -2.38. The number of nitrogens with one attached hydrogen (secondary N) is 2. The van der Waals surface area contributed by atoms with Crippen LogP contribution in [0.3, 0.4) is 0 Å². The van der Waals surface area contributed by atoms with Crippen molar-refractivity contribution in [3.63, 3.8) is 0 Å². The van der Waals surface area contributed by atoms with Crippen molar-refractivity contribution < 1.29 is 14.6 Å². The molecule has 0 bridgehead atoms. The van der Waals surface area contributed by atoms with E-state index in [0.29, 0.717) is 5.92 Å². The standard InChI is InChI=1S/C20H35N3O3/c1-5-7-17(11-13-24)15-23-20(21-6-2)22-12-10-16-8-9-18(25-3)19(14-16)26-4/h8-9,14,17,24H,5-7,10-13,15H2,1-4H3,(H2,21,22,23). The van der Waals surface area contributed by atoms with Gasteiger partial charge in [-0.1, -0.05) is 19.4 Å². The van der Waals surface area contributed by atoms with Crippen molar-refractivity contribution in [2.45, 2.75) is 39.5 Å². The molecule has 6 heteroatoms. The van der Waals surface area contributed by atoms with Crippen LogP contribution in [-0.2, 0) is 6.42 Å². The Bertz CT molecular complexity index is 529. The summed E-state index contributed by atoms with van der Waals surface area (Å²) in [6.07, 6.45) is 3.88. The van der Waals surface area contributed by atoms with Gasteiger partial charge in [-0.15, -0.1) is 0 Å². The van der Waals surface area contributed by atoms with Crippen molar-refractivity contribution in [2.24, 2.45) is 10.9 Å². The number of aliphatic hydroxyl groups is 1. The number of aliphatic hydroxyl groups excluding tert-OH is 1. The summed E-state index contributed by atoms with van der Waals surface area (Å²) >= 11 is 0. The Morgan fingerprint density at radius 2 is 1.88 bits per heavy atom. The maximum atomic E-state index is 9.18. The van der Waals surface area contributed by atoms with Gasteiger partial charge in [-0.2, -0.15) is 0 Å². The van der Waals surface area contributed by atoms with Crippen LogP contribution >= 0.6 is 0 Å². The minimum absolute atomic E-state index is 0.226. The molecule has 0 spiro atoms. The zero-order valence-corrected chi connectivity index (χ0v) is 16.7. The molecule has 1 unspecified atom stereocenters. The SMILES string of the molecule is CCCC(CCO)CN=C(NCC)NCCc1ccc(OC)c(OC)c1. The molecule has 0 aromatic heterocycles. The lowest BCUT2D eigenvalue weighted by molar-refractivity contribution is 0.253. The van der Waals surface area contributed by atoms with Gasteiger partial charge in [0.2, 0.25) is 0 Å². The van der Waals surface area contributed by atoms with E-state index in [4.69, 9.17) is 9.47 Å². The van der Waals surface area contributed by atoms with E-state index in [9.17, 15) is 5.11 Å². The molecule has 0 radical (unpaired) electrons. The number of methoxy groups -OCH3 is 2. The molecule has 148 valence electrons. The zero-order valence-electron chi connectivity index (χ0n) is 16.7. The molecule has 0 saturated carbocycles. The van der Waals surface area contributed by atoms with E-state index >= 15 is 0 Å². The zero-order chi connectivity index (χ0) is 19.2. The first-order valence-corrected chi connectivity index (χ1v) is 9.52. The van der Waals surface area contributed by atoms with Crippen molar-refractivity contribution in [3.05, 3.63) is 23.8 Å². The van der Waals surface area contributed by atoms with E-state index in [1.54, 1.807) is 14.2 Å². The highest BCUT2D eigenvalue weighted by Crippen LogP contribution is 2.27. The van der Waals surface area contributed by atoms with Gasteiger partial charge in [0.1, 0.15) is 0 Å². The normalized spacial score (nSPS) is 12.6. The molecule has 0 aliphatic rings. The van der Waals surface area contributed by atoms with Gasteiger partial charge >= 0.3 is 0 Å². The molecule has 0 heterocycles. The molecule has 1 rings (SSSR count). The first-order valence-electron chi connectivity index (χ1n) is 9.52. The molecule has 0 amide bonds. The molecule has 6 nitrogen and oxygen atoms in total. The quantitative estimate of drug-likeness (QED) is 0.392. The van der Waals surface area contributed by atoms with Gasteiger partial charge < -0.3 is 25.2 Å². The molecule has 1 aromatic carbocycles. The monoisotopic (exact) mass is 365 g/mol. The minimum Gasteiger partial charge on any atom is -0.493 e. The second kappa shape index (κ2) is 13.3. The van der Waals surface area contributed by atoms with Gasteiger partial charge in [0.25, 0.3) is 0 Å². The summed E-state index contributed by atoms with van der Waals surface area (Å²) in [6, 6.07) is 5.98. The summed E-state index contributed by atoms with van der Waals surface area (Å²) in [4.78, 5) is 4.68. The predicted octanol–water partition coefficient (Wildman–Crippen LogP) is 2.60. The maximum Gasteiger partial charge on any atom is 0.191 e. The molecule has 0 aliphatic carbocycles. The minimum atomic E-state index is 0.226. The van der Waals surface area contributed by atoms with Crippen LogP contribution in [0.2, 0.25) is 0 Å². The molecular weight excluding hydrogens is 330 g/mol. The highest BCUT2D eigenvalue weighted by molar-refractivity contribution is 5.79. The smallest absolute Gasteiger partial charge is 0.191 e. The van der Waals surface area contributed by atoms with Crippen molar-refractivity contribution in [1.29, 1.82) is 0 Å². The van der Waals surface area contributed by atoms with Crippen molar-refractivity contribution in [3.8, 4) is 11.5 Å². The summed E-state index contributed by atoms with van der Waals surface area (Å²) in [5.41, 5.74) is 1.18. The first kappa shape index (κ1) is 22.1. The van der Waals surface area contributed by atoms with Crippen LogP contribution in [0.4, 0.5) is 0 Å². The number of ether oxygens (including phenoxy) is 2. The summed E-state index contributed by atoms with van der Waals surface area (Å²) in [6.45, 7) is 6.79. The van der Waals surface area contributed by atoms with Gasteiger partial charge in [-0.25, -0.2) is 0 Å². The highest BCUT2D eigenvalue weighted by atomic mass is 16.5. The maximum absolute atomic E-state index is 9.18. The van der Waals surface area contributed by atoms with Gasteiger partial charge in [0, 0.05) is 26.2 Å². The Labute approximate surface area is 158 Å². The van der Waals surface area contributed by atoms with Crippen molar-refractivity contribution in [1.82, 2.24) is 10.6 Å². The Morgan fingerprint density at radius 1 is 1.12 bits per heavy atom. The number of hydrogen-bond acceptors (Lipinski definition) is 4. The topological polar surface area (TPSA) is 75.1 Å². The van der Waals surface area contributed by atoms with E-state index in [2.05, 4.69) is 29.5 Å². The molecule has 0 fully saturated rings. The number of benzene rings is 1. The molecule has 0 saturated heterocycles. The van der Waals surface area contributed by atoms with Crippen LogP contribution in [0.15, 0.2) is 23.2 Å². The third kappa shape index (κ3) is 7.95. The lowest BCUT2D eigenvalue weighted by atomic mass is 10.0. The van der Waals surface area contributed by atoms with Gasteiger partial charge in [0.05, 0.1) is 14.2 Å². The van der Waals surface area contributed by atoms with E-state index in [1.165, 1.54) is 5.56 Å². The Kier molecular flexibility index (Phi) is 11.3. The molecule has 1 aromatic rings. The average molecular weight is 366 g/mol. The fourth-order valence-electron chi connectivity index (χ4n) is 2.84. The van der Waals surface area contributed by atoms with Crippen molar-refractivity contribution >= 4 is 5.96 Å². The third-order valence-electron chi connectivity index (χ3n) is 4.24. The first-order chi connectivity index (χ1) is 12.7. The van der Waals surface area contributed by atoms with Crippen LogP contribution in [0.5, 0.6) is 11.5 Å². The third-order valence-corrected chi connectivity index (χ3v) is 4.24. The fraction of sp³-hybridized carbons (Fsp3) is 0.650. The number of rotatable bonds is 12. The Hall–Kier alpha value is -1.95. The number of nitrogens with zero attached hydrogens (tertiary/aromatic N) is 1. The van der Waals surface area contributed by atoms with E-state index in [1.807, 2.05) is 18.2 Å². The number of hydrogen-bond donors (Lipinski definition) is 3. The number of aliphatic imine (C=N–C) groups is 1. The fourth-order valence-corrected chi connectivity index (χ4v) is 2.84. The largest absolute Gasteiger partial charge is 0.493 e.